The molecule has 1 atom stereocenters. The molecule has 0 heterocycles. The van der Waals surface area contributed by atoms with Crippen molar-refractivity contribution in [3.05, 3.63) is 65.5 Å². The summed E-state index contributed by atoms with van der Waals surface area (Å²) in [4.78, 5) is 23.6. The molecular weight excluding hydrogens is 325 g/mol. The molecule has 0 spiro atoms. The lowest BCUT2D eigenvalue weighted by Gasteiger charge is -2.16. The Kier molecular flexibility index (Phi) is 5.54. The van der Waals surface area contributed by atoms with Crippen molar-refractivity contribution in [2.75, 3.05) is 11.9 Å². The molecule has 2 aromatic rings. The number of hydrogen-bond donors (Lipinski definition) is 3. The molecule has 5 nitrogen and oxygen atoms in total. The van der Waals surface area contributed by atoms with Crippen LogP contribution in [0.1, 0.15) is 11.6 Å². The van der Waals surface area contributed by atoms with Gasteiger partial charge in [-0.15, -0.1) is 0 Å². The molecule has 2 aromatic carbocycles. The second-order valence-electron chi connectivity index (χ2n) is 4.82. The van der Waals surface area contributed by atoms with Crippen molar-refractivity contribution in [2.24, 2.45) is 0 Å². The van der Waals surface area contributed by atoms with E-state index in [0.29, 0.717) is 11.6 Å². The van der Waals surface area contributed by atoms with E-state index >= 15 is 0 Å². The Morgan fingerprint density at radius 1 is 0.958 bits per heavy atom. The highest BCUT2D eigenvalue weighted by Crippen LogP contribution is 2.18. The van der Waals surface area contributed by atoms with Gasteiger partial charge in [-0.05, 0) is 5.56 Å². The molecule has 0 radical (unpaired) electrons. The molecule has 3 N–H and O–H groups in total. The van der Waals surface area contributed by atoms with E-state index in [1.807, 2.05) is 5.32 Å². The lowest BCUT2D eigenvalue weighted by Crippen LogP contribution is -2.39. The maximum atomic E-state index is 13.5. The molecule has 0 saturated heterocycles. The predicted octanol–water partition coefficient (Wildman–Crippen LogP) is 1.89. The second kappa shape index (κ2) is 7.60. The molecule has 8 heteroatoms. The average Bonchev–Trinajstić information content (AvgIpc) is 2.58. The van der Waals surface area contributed by atoms with Gasteiger partial charge in [-0.25, -0.2) is 13.2 Å². The van der Waals surface area contributed by atoms with Gasteiger partial charge in [-0.1, -0.05) is 30.3 Å². The van der Waals surface area contributed by atoms with Gasteiger partial charge in [-0.2, -0.15) is 0 Å². The van der Waals surface area contributed by atoms with Crippen LogP contribution in [0.4, 0.5) is 18.9 Å². The monoisotopic (exact) mass is 338 g/mol. The lowest BCUT2D eigenvalue weighted by atomic mass is 10.1. The Morgan fingerprint density at radius 3 is 2.21 bits per heavy atom. The predicted molar refractivity (Wildman–Crippen MR) is 79.4 cm³/mol. The fourth-order valence-corrected chi connectivity index (χ4v) is 1.94. The molecule has 2 rings (SSSR count). The van der Waals surface area contributed by atoms with Crippen molar-refractivity contribution in [1.29, 1.82) is 0 Å². The van der Waals surface area contributed by atoms with Crippen LogP contribution >= 0.6 is 0 Å². The maximum Gasteiger partial charge on any atom is 0.313 e. The summed E-state index contributed by atoms with van der Waals surface area (Å²) in [6, 6.07) is 8.20. The Labute approximate surface area is 135 Å². The third kappa shape index (κ3) is 4.11. The summed E-state index contributed by atoms with van der Waals surface area (Å²) >= 11 is 0. The first-order chi connectivity index (χ1) is 11.4. The fourth-order valence-electron chi connectivity index (χ4n) is 1.94. The molecule has 0 fully saturated rings. The zero-order valence-electron chi connectivity index (χ0n) is 12.2. The SMILES string of the molecule is O=C(Nc1cc(F)c(F)cc1F)C(=O)N[C@H](CO)c1ccccc1. The van der Waals surface area contributed by atoms with Crippen LogP contribution in [0.2, 0.25) is 0 Å². The highest BCUT2D eigenvalue weighted by Gasteiger charge is 2.21. The Bertz CT molecular complexity index is 754. The quantitative estimate of drug-likeness (QED) is 0.588. The van der Waals surface area contributed by atoms with E-state index in [1.165, 1.54) is 0 Å². The molecule has 0 bridgehead atoms. The molecular formula is C16H13F3N2O3. The third-order valence-corrected chi connectivity index (χ3v) is 3.15. The zero-order chi connectivity index (χ0) is 17.7. The number of amides is 2. The summed E-state index contributed by atoms with van der Waals surface area (Å²) < 4.78 is 39.4. The number of aliphatic hydroxyl groups is 1. The van der Waals surface area contributed by atoms with Gasteiger partial charge < -0.3 is 15.7 Å². The molecule has 0 aliphatic carbocycles. The van der Waals surface area contributed by atoms with E-state index in [9.17, 15) is 27.9 Å². The molecule has 0 aliphatic rings. The first-order valence-corrected chi connectivity index (χ1v) is 6.84. The van der Waals surface area contributed by atoms with E-state index in [1.54, 1.807) is 30.3 Å². The first kappa shape index (κ1) is 17.5. The molecule has 126 valence electrons. The van der Waals surface area contributed by atoms with Crippen LogP contribution in [0.3, 0.4) is 0 Å². The molecule has 0 saturated carbocycles. The van der Waals surface area contributed by atoms with E-state index in [4.69, 9.17) is 0 Å². The van der Waals surface area contributed by atoms with Gasteiger partial charge in [0.2, 0.25) is 0 Å². The van der Waals surface area contributed by atoms with Gasteiger partial charge in [0.25, 0.3) is 0 Å². The number of halogens is 3. The first-order valence-electron chi connectivity index (χ1n) is 6.84. The number of hydrogen-bond acceptors (Lipinski definition) is 3. The van der Waals surface area contributed by atoms with Crippen LogP contribution in [-0.2, 0) is 9.59 Å². The Morgan fingerprint density at radius 2 is 1.58 bits per heavy atom. The van der Waals surface area contributed by atoms with Crippen molar-refractivity contribution in [1.82, 2.24) is 5.32 Å². The number of carbonyl (C=O) groups is 2. The molecule has 0 unspecified atom stereocenters. The van der Waals surface area contributed by atoms with Crippen molar-refractivity contribution in [3.8, 4) is 0 Å². The van der Waals surface area contributed by atoms with Gasteiger partial charge in [-0.3, -0.25) is 9.59 Å². The number of anilines is 1. The van der Waals surface area contributed by atoms with Gasteiger partial charge in [0.15, 0.2) is 11.6 Å². The Balaban J connectivity index is 2.07. The van der Waals surface area contributed by atoms with Crippen LogP contribution < -0.4 is 10.6 Å². The van der Waals surface area contributed by atoms with Crippen LogP contribution in [0.5, 0.6) is 0 Å². The second-order valence-corrected chi connectivity index (χ2v) is 4.82. The van der Waals surface area contributed by atoms with Crippen molar-refractivity contribution < 1.29 is 27.9 Å². The lowest BCUT2D eigenvalue weighted by molar-refractivity contribution is -0.136. The molecule has 0 aliphatic heterocycles. The minimum atomic E-state index is -1.42. The maximum absolute atomic E-state index is 13.5. The highest BCUT2D eigenvalue weighted by molar-refractivity contribution is 6.39. The summed E-state index contributed by atoms with van der Waals surface area (Å²) in [6.07, 6.45) is 0. The van der Waals surface area contributed by atoms with Crippen LogP contribution in [0.15, 0.2) is 42.5 Å². The topological polar surface area (TPSA) is 78.4 Å². The summed E-state index contributed by atoms with van der Waals surface area (Å²) in [5.74, 6) is -6.46. The fraction of sp³-hybridized carbons (Fsp3) is 0.125. The van der Waals surface area contributed by atoms with E-state index in [2.05, 4.69) is 5.32 Å². The zero-order valence-corrected chi connectivity index (χ0v) is 12.2. The summed E-state index contributed by atoms with van der Waals surface area (Å²) in [6.45, 7) is -0.470. The van der Waals surface area contributed by atoms with Gasteiger partial charge in [0, 0.05) is 12.1 Å². The van der Waals surface area contributed by atoms with Gasteiger partial charge >= 0.3 is 11.8 Å². The van der Waals surface area contributed by atoms with Gasteiger partial charge in [0.1, 0.15) is 5.82 Å². The van der Waals surface area contributed by atoms with E-state index in [-0.39, 0.29) is 6.07 Å². The summed E-state index contributed by atoms with van der Waals surface area (Å²) in [5, 5.41) is 13.4. The Hall–Kier alpha value is -2.87. The third-order valence-electron chi connectivity index (χ3n) is 3.15. The largest absolute Gasteiger partial charge is 0.394 e. The van der Waals surface area contributed by atoms with Crippen LogP contribution in [0, 0.1) is 17.5 Å². The number of aliphatic hydroxyl groups excluding tert-OH is 1. The van der Waals surface area contributed by atoms with Crippen molar-refractivity contribution in [2.45, 2.75) is 6.04 Å². The molecule has 0 aromatic heterocycles. The molecule has 2 amide bonds. The smallest absolute Gasteiger partial charge is 0.313 e. The van der Waals surface area contributed by atoms with E-state index in [0.717, 1.165) is 0 Å². The average molecular weight is 338 g/mol. The van der Waals surface area contributed by atoms with Crippen LogP contribution in [-0.4, -0.2) is 23.5 Å². The standard InChI is InChI=1S/C16H13F3N2O3/c17-10-6-12(19)13(7-11(10)18)20-15(23)16(24)21-14(8-22)9-4-2-1-3-5-9/h1-7,14,22H,8H2,(H,20,23)(H,21,24)/t14-/m1/s1. The number of rotatable bonds is 4. The van der Waals surface area contributed by atoms with Crippen molar-refractivity contribution >= 4 is 17.5 Å². The number of nitrogens with one attached hydrogen (secondary N) is 2. The normalized spacial score (nSPS) is 11.7. The number of benzene rings is 2. The summed E-state index contributed by atoms with van der Waals surface area (Å²) in [5.41, 5.74) is -0.116. The van der Waals surface area contributed by atoms with Crippen LogP contribution in [0.25, 0.3) is 0 Å². The van der Waals surface area contributed by atoms with E-state index < -0.39 is 47.6 Å². The minimum absolute atomic E-state index is 0.253. The van der Waals surface area contributed by atoms with Crippen molar-refractivity contribution in [3.63, 3.8) is 0 Å². The minimum Gasteiger partial charge on any atom is -0.394 e. The van der Waals surface area contributed by atoms with Gasteiger partial charge in [0.05, 0.1) is 18.3 Å². The highest BCUT2D eigenvalue weighted by atomic mass is 19.2. The number of carbonyl (C=O) groups excluding carboxylic acids is 2. The summed E-state index contributed by atoms with van der Waals surface area (Å²) in [7, 11) is 0. The molecule has 24 heavy (non-hydrogen) atoms.